The third kappa shape index (κ3) is 1.90. The Kier molecular flexibility index (Phi) is 2.86. The summed E-state index contributed by atoms with van der Waals surface area (Å²) < 4.78 is 0. The quantitative estimate of drug-likeness (QED) is 0.589. The van der Waals surface area contributed by atoms with Gasteiger partial charge in [-0.25, -0.2) is 0 Å². The first-order valence-electron chi connectivity index (χ1n) is 5.79. The summed E-state index contributed by atoms with van der Waals surface area (Å²) in [7, 11) is 0. The molecule has 1 aromatic carbocycles. The third-order valence-corrected chi connectivity index (χ3v) is 3.29. The number of nitrogens with one attached hydrogen (secondary N) is 1. The maximum Gasteiger partial charge on any atom is 0.124 e. The lowest BCUT2D eigenvalue weighted by Gasteiger charge is -2.26. The highest BCUT2D eigenvalue weighted by Crippen LogP contribution is 2.30. The van der Waals surface area contributed by atoms with Gasteiger partial charge in [-0.1, -0.05) is 19.1 Å². The minimum absolute atomic E-state index is 0.155. The molecule has 3 N–H and O–H groups in total. The molecular weight excluding hydrogens is 198 g/mol. The van der Waals surface area contributed by atoms with Crippen LogP contribution in [-0.2, 0) is 0 Å². The fourth-order valence-electron chi connectivity index (χ4n) is 2.59. The van der Waals surface area contributed by atoms with Crippen LogP contribution < -0.4 is 10.6 Å². The smallest absolute Gasteiger partial charge is 0.124 e. The van der Waals surface area contributed by atoms with Crippen LogP contribution >= 0.6 is 0 Å². The van der Waals surface area contributed by atoms with Crippen molar-refractivity contribution in [3.63, 3.8) is 0 Å². The van der Waals surface area contributed by atoms with Gasteiger partial charge in [0.1, 0.15) is 5.84 Å². The molecule has 0 aromatic heterocycles. The van der Waals surface area contributed by atoms with E-state index in [-0.39, 0.29) is 5.84 Å². The SMILES string of the molecule is CC1CC(C)N(c2ccccc2C(=N)N)C1. The first-order valence-corrected chi connectivity index (χ1v) is 5.79. The zero-order valence-electron chi connectivity index (χ0n) is 9.90. The summed E-state index contributed by atoms with van der Waals surface area (Å²) in [5.74, 6) is 0.873. The van der Waals surface area contributed by atoms with Crippen LogP contribution in [0.5, 0.6) is 0 Å². The van der Waals surface area contributed by atoms with E-state index in [9.17, 15) is 0 Å². The van der Waals surface area contributed by atoms with Crippen molar-refractivity contribution in [2.45, 2.75) is 26.3 Å². The molecule has 3 heteroatoms. The van der Waals surface area contributed by atoms with Crippen molar-refractivity contribution in [1.82, 2.24) is 0 Å². The molecular formula is C13H19N3. The van der Waals surface area contributed by atoms with Crippen molar-refractivity contribution in [3.8, 4) is 0 Å². The lowest BCUT2D eigenvalue weighted by Crippen LogP contribution is -2.29. The van der Waals surface area contributed by atoms with Crippen molar-refractivity contribution in [1.29, 1.82) is 5.41 Å². The number of para-hydroxylation sites is 1. The van der Waals surface area contributed by atoms with Gasteiger partial charge in [0.25, 0.3) is 0 Å². The van der Waals surface area contributed by atoms with E-state index in [4.69, 9.17) is 11.1 Å². The highest BCUT2D eigenvalue weighted by Gasteiger charge is 2.27. The average Bonchev–Trinajstić information content (AvgIpc) is 2.57. The van der Waals surface area contributed by atoms with Gasteiger partial charge in [0.05, 0.1) is 0 Å². The monoisotopic (exact) mass is 217 g/mol. The van der Waals surface area contributed by atoms with Crippen molar-refractivity contribution < 1.29 is 0 Å². The predicted octanol–water partition coefficient (Wildman–Crippen LogP) is 2.21. The number of anilines is 1. The molecule has 86 valence electrons. The molecule has 2 unspecified atom stereocenters. The zero-order chi connectivity index (χ0) is 11.7. The number of rotatable bonds is 2. The second-order valence-corrected chi connectivity index (χ2v) is 4.77. The van der Waals surface area contributed by atoms with Crippen LogP contribution in [0.25, 0.3) is 0 Å². The highest BCUT2D eigenvalue weighted by atomic mass is 15.2. The third-order valence-electron chi connectivity index (χ3n) is 3.29. The number of nitrogens with zero attached hydrogens (tertiary/aromatic N) is 1. The lowest BCUT2D eigenvalue weighted by molar-refractivity contribution is 0.625. The summed E-state index contributed by atoms with van der Waals surface area (Å²) in [5, 5.41) is 7.61. The second-order valence-electron chi connectivity index (χ2n) is 4.77. The molecule has 2 atom stereocenters. The molecule has 0 amide bonds. The van der Waals surface area contributed by atoms with E-state index in [2.05, 4.69) is 24.8 Å². The molecule has 0 bridgehead atoms. The normalized spacial score (nSPS) is 24.8. The van der Waals surface area contributed by atoms with E-state index < -0.39 is 0 Å². The Hall–Kier alpha value is -1.51. The summed E-state index contributed by atoms with van der Waals surface area (Å²) in [4.78, 5) is 2.36. The number of nitrogen functional groups attached to an aromatic ring is 1. The van der Waals surface area contributed by atoms with E-state index in [0.717, 1.165) is 23.7 Å². The Bertz CT molecular complexity index is 400. The highest BCUT2D eigenvalue weighted by molar-refractivity contribution is 6.00. The first-order chi connectivity index (χ1) is 7.59. The maximum atomic E-state index is 7.61. The Labute approximate surface area is 96.8 Å². The van der Waals surface area contributed by atoms with Gasteiger partial charge in [-0.15, -0.1) is 0 Å². The second kappa shape index (κ2) is 4.16. The molecule has 2 rings (SSSR count). The van der Waals surface area contributed by atoms with Crippen LogP contribution in [0.1, 0.15) is 25.8 Å². The van der Waals surface area contributed by atoms with Gasteiger partial charge in [-0.05, 0) is 31.4 Å². The molecule has 1 aliphatic rings. The van der Waals surface area contributed by atoms with E-state index in [1.807, 2.05) is 18.2 Å². The van der Waals surface area contributed by atoms with Crippen LogP contribution in [-0.4, -0.2) is 18.4 Å². The number of nitrogens with two attached hydrogens (primary N) is 1. The summed E-state index contributed by atoms with van der Waals surface area (Å²) in [6.45, 7) is 5.57. The predicted molar refractivity (Wildman–Crippen MR) is 68.0 cm³/mol. The minimum atomic E-state index is 0.155. The van der Waals surface area contributed by atoms with Crippen molar-refractivity contribution >= 4 is 11.5 Å². The largest absolute Gasteiger partial charge is 0.384 e. The maximum absolute atomic E-state index is 7.61. The molecule has 1 saturated heterocycles. The number of benzene rings is 1. The van der Waals surface area contributed by atoms with E-state index in [1.54, 1.807) is 0 Å². The van der Waals surface area contributed by atoms with Crippen LogP contribution in [0.4, 0.5) is 5.69 Å². The number of hydrogen-bond acceptors (Lipinski definition) is 2. The van der Waals surface area contributed by atoms with Gasteiger partial charge < -0.3 is 10.6 Å². The van der Waals surface area contributed by atoms with Gasteiger partial charge in [0.15, 0.2) is 0 Å². The van der Waals surface area contributed by atoms with Crippen LogP contribution in [0.15, 0.2) is 24.3 Å². The molecule has 3 nitrogen and oxygen atoms in total. The van der Waals surface area contributed by atoms with Crippen molar-refractivity contribution in [3.05, 3.63) is 29.8 Å². The van der Waals surface area contributed by atoms with Crippen molar-refractivity contribution in [2.75, 3.05) is 11.4 Å². The number of amidine groups is 1. The lowest BCUT2D eigenvalue weighted by atomic mass is 10.1. The van der Waals surface area contributed by atoms with E-state index in [0.29, 0.717) is 6.04 Å². The summed E-state index contributed by atoms with van der Waals surface area (Å²) in [6.07, 6.45) is 1.21. The fourth-order valence-corrected chi connectivity index (χ4v) is 2.59. The van der Waals surface area contributed by atoms with Crippen LogP contribution in [0.3, 0.4) is 0 Å². The molecule has 1 heterocycles. The molecule has 0 radical (unpaired) electrons. The summed E-state index contributed by atoms with van der Waals surface area (Å²) in [6, 6.07) is 8.47. The van der Waals surface area contributed by atoms with Gasteiger partial charge >= 0.3 is 0 Å². The van der Waals surface area contributed by atoms with Crippen molar-refractivity contribution in [2.24, 2.45) is 11.7 Å². The Morgan fingerprint density at radius 2 is 2.06 bits per heavy atom. The molecule has 1 fully saturated rings. The first kappa shape index (κ1) is 11.0. The molecule has 1 aliphatic heterocycles. The standard InChI is InChI=1S/C13H19N3/c1-9-7-10(2)16(8-9)12-6-4-3-5-11(12)13(14)15/h3-6,9-10H,7-8H2,1-2H3,(H3,14,15). The minimum Gasteiger partial charge on any atom is -0.384 e. The summed E-state index contributed by atoms with van der Waals surface area (Å²) >= 11 is 0. The Morgan fingerprint density at radius 3 is 2.62 bits per heavy atom. The van der Waals surface area contributed by atoms with E-state index >= 15 is 0 Å². The molecule has 1 aromatic rings. The molecule has 0 spiro atoms. The van der Waals surface area contributed by atoms with Gasteiger partial charge in [-0.3, -0.25) is 5.41 Å². The Morgan fingerprint density at radius 1 is 1.38 bits per heavy atom. The summed E-state index contributed by atoms with van der Waals surface area (Å²) in [5.41, 5.74) is 7.57. The van der Waals surface area contributed by atoms with Crippen LogP contribution in [0, 0.1) is 11.3 Å². The van der Waals surface area contributed by atoms with Gasteiger partial charge in [0.2, 0.25) is 0 Å². The Balaban J connectivity index is 2.36. The number of hydrogen-bond donors (Lipinski definition) is 2. The average molecular weight is 217 g/mol. The molecule has 0 saturated carbocycles. The zero-order valence-corrected chi connectivity index (χ0v) is 9.90. The molecule has 16 heavy (non-hydrogen) atoms. The van der Waals surface area contributed by atoms with E-state index in [1.165, 1.54) is 6.42 Å². The van der Waals surface area contributed by atoms with Gasteiger partial charge in [-0.2, -0.15) is 0 Å². The topological polar surface area (TPSA) is 53.1 Å². The molecule has 0 aliphatic carbocycles. The van der Waals surface area contributed by atoms with Gasteiger partial charge in [0, 0.05) is 23.8 Å². The fraction of sp³-hybridized carbons (Fsp3) is 0.462. The van der Waals surface area contributed by atoms with Crippen LogP contribution in [0.2, 0.25) is 0 Å².